The minimum absolute atomic E-state index is 0.0985. The van der Waals surface area contributed by atoms with Gasteiger partial charge in [-0.2, -0.15) is 5.10 Å². The molecule has 6 heteroatoms. The Kier molecular flexibility index (Phi) is 6.28. The van der Waals surface area contributed by atoms with Crippen LogP contribution in [0.25, 0.3) is 0 Å². The lowest BCUT2D eigenvalue weighted by molar-refractivity contribution is -0.127. The van der Waals surface area contributed by atoms with Crippen molar-refractivity contribution >= 4 is 5.91 Å². The van der Waals surface area contributed by atoms with Gasteiger partial charge in [0.1, 0.15) is 0 Å². The summed E-state index contributed by atoms with van der Waals surface area (Å²) >= 11 is 0. The predicted octanol–water partition coefficient (Wildman–Crippen LogP) is 3.19. The second kappa shape index (κ2) is 8.52. The first-order valence-electron chi connectivity index (χ1n) is 10.4. The molecule has 28 heavy (non-hydrogen) atoms. The zero-order valence-electron chi connectivity index (χ0n) is 18.2. The molecule has 0 spiro atoms. The van der Waals surface area contributed by atoms with Crippen molar-refractivity contribution in [2.45, 2.75) is 59.7 Å². The Bertz CT molecular complexity index is 819. The molecule has 0 aromatic carbocycles. The van der Waals surface area contributed by atoms with E-state index < -0.39 is 0 Å². The van der Waals surface area contributed by atoms with Gasteiger partial charge in [-0.05, 0) is 38.3 Å². The topological polar surface area (TPSA) is 55.1 Å². The number of aryl methyl sites for hydroxylation is 3. The van der Waals surface area contributed by atoms with E-state index in [0.717, 1.165) is 31.0 Å². The summed E-state index contributed by atoms with van der Waals surface area (Å²) < 4.78 is 4.26. The Labute approximate surface area is 168 Å². The molecule has 0 bridgehead atoms. The minimum atomic E-state index is 0.0985. The summed E-state index contributed by atoms with van der Waals surface area (Å²) in [5.41, 5.74) is 4.70. The highest BCUT2D eigenvalue weighted by atomic mass is 16.2. The summed E-state index contributed by atoms with van der Waals surface area (Å²) in [6.45, 7) is 11.4. The molecule has 1 amide bonds. The molecule has 3 rings (SSSR count). The summed E-state index contributed by atoms with van der Waals surface area (Å²) in [5, 5.41) is 8.19. The Morgan fingerprint density at radius 1 is 1.29 bits per heavy atom. The Morgan fingerprint density at radius 2 is 2.04 bits per heavy atom. The summed E-state index contributed by atoms with van der Waals surface area (Å²) in [6, 6.07) is 4.41. The molecule has 2 aromatic rings. The predicted molar refractivity (Wildman–Crippen MR) is 112 cm³/mol. The van der Waals surface area contributed by atoms with Crippen LogP contribution in [0.3, 0.4) is 0 Å². The number of aromatic nitrogens is 3. The van der Waals surface area contributed by atoms with Gasteiger partial charge in [-0.1, -0.05) is 13.8 Å². The monoisotopic (exact) mass is 385 g/mol. The van der Waals surface area contributed by atoms with Crippen LogP contribution in [0.2, 0.25) is 0 Å². The first kappa shape index (κ1) is 20.6. The van der Waals surface area contributed by atoms with Crippen molar-refractivity contribution in [1.29, 1.82) is 0 Å². The van der Waals surface area contributed by atoms with Gasteiger partial charge in [-0.3, -0.25) is 9.48 Å². The molecule has 0 aliphatic carbocycles. The molecule has 0 unspecified atom stereocenters. The number of hydrogen-bond acceptors (Lipinski definition) is 3. The standard InChI is InChI=1S/C22H35N5O/c1-15(2)9-11-27-10-7-8-19(27)14-23-13-18-12-20(28)25(5)22(18)21-16(3)24-26(6)17(21)4/h7-8,10,15,18,22-23H,9,11-14H2,1-6H3/t18-,22+/m0/s1. The first-order chi connectivity index (χ1) is 13.3. The highest BCUT2D eigenvalue weighted by Gasteiger charge is 2.40. The number of nitrogens with one attached hydrogen (secondary N) is 1. The van der Waals surface area contributed by atoms with Gasteiger partial charge in [0.15, 0.2) is 0 Å². The van der Waals surface area contributed by atoms with Gasteiger partial charge in [0.2, 0.25) is 5.91 Å². The third-order valence-electron chi connectivity index (χ3n) is 6.14. The fraction of sp³-hybridized carbons (Fsp3) is 0.636. The van der Waals surface area contributed by atoms with Crippen molar-refractivity contribution in [2.24, 2.45) is 18.9 Å². The second-order valence-electron chi connectivity index (χ2n) is 8.63. The molecule has 6 nitrogen and oxygen atoms in total. The molecule has 1 aliphatic heterocycles. The van der Waals surface area contributed by atoms with Gasteiger partial charge in [0.05, 0.1) is 11.7 Å². The van der Waals surface area contributed by atoms with Gasteiger partial charge in [0, 0.05) is 69.2 Å². The van der Waals surface area contributed by atoms with Crippen LogP contribution >= 0.6 is 0 Å². The maximum atomic E-state index is 12.5. The molecular weight excluding hydrogens is 350 g/mol. The number of rotatable bonds is 8. The average molecular weight is 386 g/mol. The normalized spacial score (nSPS) is 20.0. The van der Waals surface area contributed by atoms with Crippen LogP contribution in [-0.4, -0.2) is 38.7 Å². The van der Waals surface area contributed by atoms with Crippen LogP contribution in [0, 0.1) is 25.7 Å². The quantitative estimate of drug-likeness (QED) is 0.759. The number of carbonyl (C=O) groups is 1. The molecule has 1 saturated heterocycles. The summed E-state index contributed by atoms with van der Waals surface area (Å²) in [5.74, 6) is 1.19. The Hall–Kier alpha value is -2.08. The smallest absolute Gasteiger partial charge is 0.223 e. The second-order valence-corrected chi connectivity index (χ2v) is 8.63. The van der Waals surface area contributed by atoms with Gasteiger partial charge >= 0.3 is 0 Å². The summed E-state index contributed by atoms with van der Waals surface area (Å²) in [4.78, 5) is 14.4. The van der Waals surface area contributed by atoms with Crippen LogP contribution in [-0.2, 0) is 24.9 Å². The lowest BCUT2D eigenvalue weighted by Crippen LogP contribution is -2.30. The molecule has 0 saturated carbocycles. The van der Waals surface area contributed by atoms with Gasteiger partial charge in [0.25, 0.3) is 0 Å². The van der Waals surface area contributed by atoms with Crippen LogP contribution in [0.4, 0.5) is 0 Å². The molecule has 1 N–H and O–H groups in total. The highest BCUT2D eigenvalue weighted by molar-refractivity contribution is 5.79. The van der Waals surface area contributed by atoms with E-state index in [2.05, 4.69) is 54.1 Å². The number of amides is 1. The zero-order chi connectivity index (χ0) is 20.4. The van der Waals surface area contributed by atoms with E-state index in [0.29, 0.717) is 12.3 Å². The fourth-order valence-corrected chi connectivity index (χ4v) is 4.39. The van der Waals surface area contributed by atoms with Crippen molar-refractivity contribution in [3.8, 4) is 0 Å². The maximum absolute atomic E-state index is 12.5. The van der Waals surface area contributed by atoms with E-state index in [1.54, 1.807) is 0 Å². The lowest BCUT2D eigenvalue weighted by Gasteiger charge is -2.26. The van der Waals surface area contributed by atoms with Gasteiger partial charge in [-0.15, -0.1) is 0 Å². The van der Waals surface area contributed by atoms with Crippen molar-refractivity contribution in [3.05, 3.63) is 41.0 Å². The molecule has 1 fully saturated rings. The van der Waals surface area contributed by atoms with E-state index in [1.807, 2.05) is 30.6 Å². The largest absolute Gasteiger partial charge is 0.350 e. The fourth-order valence-electron chi connectivity index (χ4n) is 4.39. The molecule has 1 aliphatic rings. The van der Waals surface area contributed by atoms with Gasteiger partial charge < -0.3 is 14.8 Å². The molecule has 154 valence electrons. The zero-order valence-corrected chi connectivity index (χ0v) is 18.2. The van der Waals surface area contributed by atoms with Gasteiger partial charge in [-0.25, -0.2) is 0 Å². The van der Waals surface area contributed by atoms with Crippen molar-refractivity contribution in [3.63, 3.8) is 0 Å². The van der Waals surface area contributed by atoms with Crippen LogP contribution in [0.15, 0.2) is 18.3 Å². The molecule has 0 radical (unpaired) electrons. The molecule has 2 atom stereocenters. The van der Waals surface area contributed by atoms with E-state index in [1.165, 1.54) is 17.7 Å². The maximum Gasteiger partial charge on any atom is 0.223 e. The van der Waals surface area contributed by atoms with Crippen LogP contribution < -0.4 is 5.32 Å². The minimum Gasteiger partial charge on any atom is -0.350 e. The Morgan fingerprint density at radius 3 is 2.68 bits per heavy atom. The van der Waals surface area contributed by atoms with Crippen molar-refractivity contribution in [2.75, 3.05) is 13.6 Å². The third-order valence-corrected chi connectivity index (χ3v) is 6.14. The average Bonchev–Trinajstić information content (AvgIpc) is 3.26. The Balaban J connectivity index is 1.67. The van der Waals surface area contributed by atoms with E-state index in [-0.39, 0.29) is 17.9 Å². The number of carbonyl (C=O) groups excluding carboxylic acids is 1. The first-order valence-corrected chi connectivity index (χ1v) is 10.4. The number of nitrogens with zero attached hydrogens (tertiary/aromatic N) is 4. The summed E-state index contributed by atoms with van der Waals surface area (Å²) in [6.07, 6.45) is 3.94. The van der Waals surface area contributed by atoms with Crippen molar-refractivity contribution in [1.82, 2.24) is 24.6 Å². The summed E-state index contributed by atoms with van der Waals surface area (Å²) in [7, 11) is 3.90. The number of likely N-dealkylation sites (tertiary alicyclic amines) is 1. The molecular formula is C22H35N5O. The van der Waals surface area contributed by atoms with Crippen molar-refractivity contribution < 1.29 is 4.79 Å². The van der Waals surface area contributed by atoms with Crippen LogP contribution in [0.5, 0.6) is 0 Å². The lowest BCUT2D eigenvalue weighted by atomic mass is 9.92. The highest BCUT2D eigenvalue weighted by Crippen LogP contribution is 2.39. The molecule has 3 heterocycles. The molecule has 2 aromatic heterocycles. The number of hydrogen-bond donors (Lipinski definition) is 1. The van der Waals surface area contributed by atoms with Crippen LogP contribution in [0.1, 0.15) is 55.4 Å². The van der Waals surface area contributed by atoms with E-state index in [9.17, 15) is 4.79 Å². The SMILES string of the molecule is Cc1nn(C)c(C)c1[C@H]1[C@H](CNCc2cccn2CCC(C)C)CC(=O)N1C. The van der Waals surface area contributed by atoms with E-state index in [4.69, 9.17) is 0 Å². The third kappa shape index (κ3) is 4.17. The van der Waals surface area contributed by atoms with E-state index >= 15 is 0 Å².